The molecular weight excluding hydrogens is 377 g/mol. The Morgan fingerprint density at radius 3 is 2.42 bits per heavy atom. The predicted molar refractivity (Wildman–Crippen MR) is 101 cm³/mol. The fourth-order valence-electron chi connectivity index (χ4n) is 2.31. The maximum atomic E-state index is 13.2. The molecule has 1 aromatic carbocycles. The Kier molecular flexibility index (Phi) is 5.98. The molecule has 2 aromatic rings. The zero-order chi connectivity index (χ0) is 19.6. The van der Waals surface area contributed by atoms with E-state index in [4.69, 9.17) is 11.6 Å². The Morgan fingerprint density at radius 1 is 1.19 bits per heavy atom. The van der Waals surface area contributed by atoms with Crippen LogP contribution >= 0.6 is 22.9 Å². The Labute approximate surface area is 160 Å². The first-order valence-corrected chi connectivity index (χ1v) is 9.12. The molecule has 26 heavy (non-hydrogen) atoms. The maximum Gasteiger partial charge on any atom is 0.293 e. The zero-order valence-corrected chi connectivity index (χ0v) is 16.5. The van der Waals surface area contributed by atoms with Crippen molar-refractivity contribution in [1.82, 2.24) is 5.32 Å². The first kappa shape index (κ1) is 20.3. The van der Waals surface area contributed by atoms with E-state index in [1.807, 2.05) is 0 Å². The number of carbonyl (C=O) groups excluding carboxylic acids is 3. The first-order valence-electron chi connectivity index (χ1n) is 7.92. The minimum atomic E-state index is -0.705. The Morgan fingerprint density at radius 2 is 1.85 bits per heavy atom. The number of aryl methyl sites for hydroxylation is 1. The summed E-state index contributed by atoms with van der Waals surface area (Å²) < 4.78 is 13.2. The fraction of sp³-hybridized carbons (Fsp3) is 0.316. The van der Waals surface area contributed by atoms with Gasteiger partial charge in [0.2, 0.25) is 0 Å². The molecule has 0 bridgehead atoms. The highest BCUT2D eigenvalue weighted by molar-refractivity contribution is 7.15. The molecule has 0 spiro atoms. The molecule has 1 N–H and O–H groups in total. The second-order valence-electron chi connectivity index (χ2n) is 6.96. The molecule has 0 radical (unpaired) electrons. The molecule has 0 aliphatic carbocycles. The molecule has 1 heterocycles. The van der Waals surface area contributed by atoms with Crippen molar-refractivity contribution in [3.63, 3.8) is 0 Å². The molecule has 7 heteroatoms. The summed E-state index contributed by atoms with van der Waals surface area (Å²) in [6.07, 6.45) is 0.0272. The van der Waals surface area contributed by atoms with Crippen molar-refractivity contribution in [2.24, 2.45) is 0 Å². The second-order valence-corrected chi connectivity index (χ2v) is 8.63. The molecule has 138 valence electrons. The van der Waals surface area contributed by atoms with Crippen molar-refractivity contribution in [3.05, 3.63) is 56.0 Å². The van der Waals surface area contributed by atoms with Gasteiger partial charge in [-0.15, -0.1) is 11.3 Å². The summed E-state index contributed by atoms with van der Waals surface area (Å²) in [6.45, 7) is 7.05. The van der Waals surface area contributed by atoms with Crippen molar-refractivity contribution < 1.29 is 18.8 Å². The minimum absolute atomic E-state index is 0.0272. The number of hydrogen-bond acceptors (Lipinski definition) is 4. The van der Waals surface area contributed by atoms with Crippen molar-refractivity contribution >= 4 is 40.4 Å². The lowest BCUT2D eigenvalue weighted by Crippen LogP contribution is -2.44. The molecular formula is C19H19ClFNO3S. The van der Waals surface area contributed by atoms with Gasteiger partial charge in [0.05, 0.1) is 9.90 Å². The molecule has 0 unspecified atom stereocenters. The van der Waals surface area contributed by atoms with Gasteiger partial charge in [0, 0.05) is 22.4 Å². The number of benzene rings is 1. The average molecular weight is 396 g/mol. The van der Waals surface area contributed by atoms with Crippen LogP contribution in [0.5, 0.6) is 0 Å². The quantitative estimate of drug-likeness (QED) is 0.603. The third-order valence-electron chi connectivity index (χ3n) is 3.49. The molecule has 2 rings (SSSR count). The van der Waals surface area contributed by atoms with Crippen LogP contribution in [-0.2, 0) is 11.2 Å². The van der Waals surface area contributed by atoms with Crippen molar-refractivity contribution in [1.29, 1.82) is 0 Å². The molecule has 0 saturated heterocycles. The topological polar surface area (TPSA) is 63.2 Å². The Hall–Kier alpha value is -2.05. The van der Waals surface area contributed by atoms with E-state index in [0.29, 0.717) is 16.0 Å². The fourth-order valence-corrected chi connectivity index (χ4v) is 3.49. The molecule has 0 atom stereocenters. The number of rotatable bonds is 5. The largest absolute Gasteiger partial charge is 0.345 e. The molecule has 0 fully saturated rings. The van der Waals surface area contributed by atoms with Crippen LogP contribution in [0.25, 0.3) is 0 Å². The molecule has 0 aliphatic heterocycles. The van der Waals surface area contributed by atoms with Crippen LogP contribution in [0.2, 0.25) is 5.02 Å². The molecule has 4 nitrogen and oxygen atoms in total. The summed E-state index contributed by atoms with van der Waals surface area (Å²) in [7, 11) is 0. The third kappa shape index (κ3) is 4.99. The van der Waals surface area contributed by atoms with E-state index in [9.17, 15) is 18.8 Å². The molecule has 0 saturated carbocycles. The van der Waals surface area contributed by atoms with Crippen LogP contribution in [0.4, 0.5) is 4.39 Å². The SMILES string of the molecule is Cc1sc(C(=O)C(=O)NC(C)(C)C)cc1C(=O)Cc1ccc(F)c(Cl)c1. The standard InChI is InChI=1S/C19H19ClFNO3S/c1-10-12(15(23)8-11-5-6-14(21)13(20)7-11)9-16(26-10)17(24)18(25)22-19(2,3)4/h5-7,9H,8H2,1-4H3,(H,22,25). The summed E-state index contributed by atoms with van der Waals surface area (Å²) in [5.74, 6) is -2.15. The Balaban J connectivity index is 2.18. The lowest BCUT2D eigenvalue weighted by Gasteiger charge is -2.19. The smallest absolute Gasteiger partial charge is 0.293 e. The highest BCUT2D eigenvalue weighted by Crippen LogP contribution is 2.25. The lowest BCUT2D eigenvalue weighted by atomic mass is 10.0. The van der Waals surface area contributed by atoms with Crippen molar-refractivity contribution in [2.45, 2.75) is 39.7 Å². The summed E-state index contributed by atoms with van der Waals surface area (Å²) in [5.41, 5.74) is 0.423. The predicted octanol–water partition coefficient (Wildman–Crippen LogP) is 4.37. The first-order chi connectivity index (χ1) is 12.0. The zero-order valence-electron chi connectivity index (χ0n) is 14.9. The number of ketones is 2. The van der Waals surface area contributed by atoms with Crippen LogP contribution in [0.15, 0.2) is 24.3 Å². The highest BCUT2D eigenvalue weighted by atomic mass is 35.5. The third-order valence-corrected chi connectivity index (χ3v) is 4.82. The second kappa shape index (κ2) is 7.68. The average Bonchev–Trinajstić information content (AvgIpc) is 2.90. The van der Waals surface area contributed by atoms with Crippen LogP contribution in [0.1, 0.15) is 51.2 Å². The maximum absolute atomic E-state index is 13.2. The van der Waals surface area contributed by atoms with E-state index < -0.39 is 23.0 Å². The number of thiophene rings is 1. The van der Waals surface area contributed by atoms with Gasteiger partial charge in [-0.2, -0.15) is 0 Å². The van der Waals surface area contributed by atoms with Gasteiger partial charge in [-0.1, -0.05) is 17.7 Å². The number of nitrogens with one attached hydrogen (secondary N) is 1. The van der Waals surface area contributed by atoms with Gasteiger partial charge in [0.1, 0.15) is 5.82 Å². The van der Waals surface area contributed by atoms with Crippen molar-refractivity contribution in [2.75, 3.05) is 0 Å². The summed E-state index contributed by atoms with van der Waals surface area (Å²) in [4.78, 5) is 37.7. The van der Waals surface area contributed by atoms with E-state index in [1.165, 1.54) is 24.3 Å². The number of hydrogen-bond donors (Lipinski definition) is 1. The van der Waals surface area contributed by atoms with Gasteiger partial charge in [-0.05, 0) is 51.5 Å². The number of amides is 1. The van der Waals surface area contributed by atoms with Gasteiger partial charge in [-0.25, -0.2) is 4.39 Å². The van der Waals surface area contributed by atoms with E-state index in [2.05, 4.69) is 5.32 Å². The van der Waals surface area contributed by atoms with E-state index in [-0.39, 0.29) is 22.1 Å². The number of Topliss-reactive ketones (excluding diaryl/α,β-unsaturated/α-hetero) is 2. The van der Waals surface area contributed by atoms with Crippen LogP contribution < -0.4 is 5.32 Å². The number of carbonyl (C=O) groups is 3. The van der Waals surface area contributed by atoms with Crippen LogP contribution in [-0.4, -0.2) is 23.0 Å². The van der Waals surface area contributed by atoms with E-state index in [1.54, 1.807) is 27.7 Å². The summed E-state index contributed by atoms with van der Waals surface area (Å²) in [5, 5.41) is 2.56. The molecule has 1 aromatic heterocycles. The molecule has 0 aliphatic rings. The van der Waals surface area contributed by atoms with Gasteiger partial charge in [0.15, 0.2) is 5.78 Å². The van der Waals surface area contributed by atoms with Crippen LogP contribution in [0, 0.1) is 12.7 Å². The monoisotopic (exact) mass is 395 g/mol. The number of halogens is 2. The van der Waals surface area contributed by atoms with E-state index >= 15 is 0 Å². The highest BCUT2D eigenvalue weighted by Gasteiger charge is 2.25. The normalized spacial score (nSPS) is 11.3. The lowest BCUT2D eigenvalue weighted by molar-refractivity contribution is -0.118. The van der Waals surface area contributed by atoms with Crippen molar-refractivity contribution in [3.8, 4) is 0 Å². The molecule has 1 amide bonds. The van der Waals surface area contributed by atoms with Crippen LogP contribution in [0.3, 0.4) is 0 Å². The van der Waals surface area contributed by atoms with Gasteiger partial charge >= 0.3 is 0 Å². The van der Waals surface area contributed by atoms with Gasteiger partial charge in [-0.3, -0.25) is 14.4 Å². The van der Waals surface area contributed by atoms with Gasteiger partial charge in [0.25, 0.3) is 11.7 Å². The summed E-state index contributed by atoms with van der Waals surface area (Å²) in [6, 6.07) is 5.54. The Bertz CT molecular complexity index is 883. The minimum Gasteiger partial charge on any atom is -0.345 e. The van der Waals surface area contributed by atoms with E-state index in [0.717, 1.165) is 11.3 Å². The summed E-state index contributed by atoms with van der Waals surface area (Å²) >= 11 is 6.84. The van der Waals surface area contributed by atoms with Gasteiger partial charge < -0.3 is 5.32 Å².